The first-order valence-electron chi connectivity index (χ1n) is 7.52. The van der Waals surface area contributed by atoms with E-state index >= 15 is 0 Å². The highest BCUT2D eigenvalue weighted by Crippen LogP contribution is 2.28. The molecule has 0 fully saturated rings. The number of rotatable bonds is 2. The van der Waals surface area contributed by atoms with E-state index in [4.69, 9.17) is 11.6 Å². The molecule has 0 aliphatic carbocycles. The van der Waals surface area contributed by atoms with E-state index in [1.807, 2.05) is 0 Å². The number of fused-ring (bicyclic) bond motifs is 1. The summed E-state index contributed by atoms with van der Waals surface area (Å²) in [5, 5.41) is 0.292. The molecule has 1 aromatic heterocycles. The summed E-state index contributed by atoms with van der Waals surface area (Å²) in [6, 6.07) is 2.86. The first-order valence-corrected chi connectivity index (χ1v) is 7.89. The van der Waals surface area contributed by atoms with Crippen LogP contribution in [0.1, 0.15) is 28.2 Å². The molecule has 3 rings (SSSR count). The Bertz CT molecular complexity index is 879. The summed E-state index contributed by atoms with van der Waals surface area (Å²) >= 11 is 6.14. The predicted molar refractivity (Wildman–Crippen MR) is 83.8 cm³/mol. The average molecular weight is 376 g/mol. The number of hydrogen-bond donors (Lipinski definition) is 1. The maximum atomic E-state index is 14.0. The molecule has 0 unspecified atom stereocenters. The fourth-order valence-electron chi connectivity index (χ4n) is 2.85. The van der Waals surface area contributed by atoms with Gasteiger partial charge in [-0.15, -0.1) is 0 Å². The molecule has 0 spiro atoms. The summed E-state index contributed by atoms with van der Waals surface area (Å²) in [7, 11) is 0. The maximum absolute atomic E-state index is 14.0. The van der Waals surface area contributed by atoms with Crippen LogP contribution in [0.2, 0.25) is 5.02 Å². The van der Waals surface area contributed by atoms with Crippen molar-refractivity contribution in [3.8, 4) is 0 Å². The van der Waals surface area contributed by atoms with Crippen LogP contribution in [-0.2, 0) is 25.7 Å². The molecule has 4 nitrogen and oxygen atoms in total. The highest BCUT2D eigenvalue weighted by molar-refractivity contribution is 6.32. The molecule has 0 bridgehead atoms. The Kier molecular flexibility index (Phi) is 4.59. The van der Waals surface area contributed by atoms with Gasteiger partial charge in [-0.25, -0.2) is 9.37 Å². The van der Waals surface area contributed by atoms with Crippen LogP contribution in [-0.4, -0.2) is 21.4 Å². The van der Waals surface area contributed by atoms with Crippen molar-refractivity contribution in [2.75, 3.05) is 6.54 Å². The van der Waals surface area contributed by atoms with Crippen molar-refractivity contribution in [1.29, 1.82) is 0 Å². The second-order valence-electron chi connectivity index (χ2n) is 5.96. The van der Waals surface area contributed by atoms with Crippen LogP contribution in [0, 0.1) is 12.7 Å². The van der Waals surface area contributed by atoms with Crippen molar-refractivity contribution in [2.24, 2.45) is 0 Å². The molecule has 134 valence electrons. The number of hydrogen-bond acceptors (Lipinski definition) is 3. The van der Waals surface area contributed by atoms with Gasteiger partial charge in [0.05, 0.1) is 10.7 Å². The third kappa shape index (κ3) is 3.55. The number of nitrogens with one attached hydrogen (secondary N) is 1. The fourth-order valence-corrected chi connectivity index (χ4v) is 3.06. The van der Waals surface area contributed by atoms with E-state index in [-0.39, 0.29) is 36.3 Å². The Morgan fingerprint density at radius 1 is 1.36 bits per heavy atom. The lowest BCUT2D eigenvalue weighted by molar-refractivity contribution is -0.145. The Hall–Kier alpha value is -1.93. The summed E-state index contributed by atoms with van der Waals surface area (Å²) < 4.78 is 52.5. The minimum Gasteiger partial charge on any atom is -0.303 e. The monoisotopic (exact) mass is 375 g/mol. The molecule has 2 heterocycles. The molecule has 0 amide bonds. The Labute approximate surface area is 145 Å². The van der Waals surface area contributed by atoms with Gasteiger partial charge in [-0.3, -0.25) is 9.69 Å². The zero-order valence-corrected chi connectivity index (χ0v) is 13.9. The van der Waals surface area contributed by atoms with E-state index in [1.54, 1.807) is 22.9 Å². The van der Waals surface area contributed by atoms with Gasteiger partial charge < -0.3 is 4.98 Å². The fraction of sp³-hybridized carbons (Fsp3) is 0.375. The van der Waals surface area contributed by atoms with Crippen molar-refractivity contribution >= 4 is 11.6 Å². The van der Waals surface area contributed by atoms with Crippen LogP contribution in [0.15, 0.2) is 16.9 Å². The zero-order chi connectivity index (χ0) is 18.4. The number of halogens is 5. The minimum absolute atomic E-state index is 0.0199. The van der Waals surface area contributed by atoms with Crippen LogP contribution < -0.4 is 5.56 Å². The number of aryl methyl sites for hydroxylation is 1. The van der Waals surface area contributed by atoms with Gasteiger partial charge in [-0.05, 0) is 25.0 Å². The molecule has 0 saturated heterocycles. The van der Waals surface area contributed by atoms with Gasteiger partial charge in [0, 0.05) is 30.8 Å². The molecule has 2 aromatic rings. The van der Waals surface area contributed by atoms with Gasteiger partial charge in [0.2, 0.25) is 5.82 Å². The Balaban J connectivity index is 1.90. The largest absolute Gasteiger partial charge is 0.449 e. The molecular formula is C16H14ClF4N3O. The van der Waals surface area contributed by atoms with Crippen LogP contribution in [0.4, 0.5) is 17.6 Å². The number of aromatic amines is 1. The highest BCUT2D eigenvalue weighted by Gasteiger charge is 2.36. The van der Waals surface area contributed by atoms with E-state index < -0.39 is 23.4 Å². The SMILES string of the molecule is Cc1ccc(F)c(CN2CCc3c(nc(C(F)(F)F)[nH]c3=O)C2)c1Cl. The van der Waals surface area contributed by atoms with Crippen molar-refractivity contribution in [2.45, 2.75) is 32.6 Å². The van der Waals surface area contributed by atoms with Gasteiger partial charge in [0.25, 0.3) is 5.56 Å². The minimum atomic E-state index is -4.73. The van der Waals surface area contributed by atoms with Crippen molar-refractivity contribution in [3.05, 3.63) is 61.5 Å². The zero-order valence-electron chi connectivity index (χ0n) is 13.2. The molecular weight excluding hydrogens is 362 g/mol. The molecule has 1 aliphatic rings. The van der Waals surface area contributed by atoms with E-state index in [1.165, 1.54) is 6.07 Å². The number of benzene rings is 1. The number of H-pyrrole nitrogens is 1. The molecule has 1 N–H and O–H groups in total. The van der Waals surface area contributed by atoms with Gasteiger partial charge in [-0.1, -0.05) is 17.7 Å². The number of aromatic nitrogens is 2. The van der Waals surface area contributed by atoms with Crippen LogP contribution in [0.5, 0.6) is 0 Å². The normalized spacial score (nSPS) is 15.3. The van der Waals surface area contributed by atoms with Crippen LogP contribution in [0.25, 0.3) is 0 Å². The summed E-state index contributed by atoms with van der Waals surface area (Å²) in [6.07, 6.45) is -4.50. The standard InChI is InChI=1S/C16H14ClF4N3O/c1-8-2-3-11(18)10(13(8)17)6-24-5-4-9-12(7-24)22-15(16(19,20)21)23-14(9)25/h2-3H,4-7H2,1H3,(H,22,23,25). The van der Waals surface area contributed by atoms with E-state index in [0.29, 0.717) is 17.1 Å². The van der Waals surface area contributed by atoms with Crippen molar-refractivity contribution in [3.63, 3.8) is 0 Å². The van der Waals surface area contributed by atoms with Crippen LogP contribution >= 0.6 is 11.6 Å². The van der Waals surface area contributed by atoms with Gasteiger partial charge >= 0.3 is 6.18 Å². The topological polar surface area (TPSA) is 49.0 Å². The molecule has 0 radical (unpaired) electrons. The molecule has 1 aromatic carbocycles. The summed E-state index contributed by atoms with van der Waals surface area (Å²) in [5.74, 6) is -1.80. The summed E-state index contributed by atoms with van der Waals surface area (Å²) in [6.45, 7) is 2.29. The van der Waals surface area contributed by atoms with Gasteiger partial charge in [0.15, 0.2) is 0 Å². The lowest BCUT2D eigenvalue weighted by Crippen LogP contribution is -2.36. The van der Waals surface area contributed by atoms with Gasteiger partial charge in [-0.2, -0.15) is 13.2 Å². The molecule has 9 heteroatoms. The molecule has 25 heavy (non-hydrogen) atoms. The lowest BCUT2D eigenvalue weighted by atomic mass is 10.0. The first kappa shape index (κ1) is 17.9. The average Bonchev–Trinajstić information content (AvgIpc) is 2.54. The predicted octanol–water partition coefficient (Wildman–Crippen LogP) is 3.45. The summed E-state index contributed by atoms with van der Waals surface area (Å²) in [4.78, 5) is 18.9. The third-order valence-electron chi connectivity index (χ3n) is 4.18. The molecule has 0 atom stereocenters. The highest BCUT2D eigenvalue weighted by atomic mass is 35.5. The van der Waals surface area contributed by atoms with Gasteiger partial charge in [0.1, 0.15) is 5.82 Å². The van der Waals surface area contributed by atoms with E-state index in [0.717, 1.165) is 0 Å². The lowest BCUT2D eigenvalue weighted by Gasteiger charge is -2.28. The number of nitrogens with zero attached hydrogens (tertiary/aromatic N) is 2. The number of alkyl halides is 3. The Morgan fingerprint density at radius 3 is 2.76 bits per heavy atom. The second-order valence-corrected chi connectivity index (χ2v) is 6.33. The van der Waals surface area contributed by atoms with Crippen molar-refractivity contribution in [1.82, 2.24) is 14.9 Å². The molecule has 0 saturated carbocycles. The van der Waals surface area contributed by atoms with Crippen LogP contribution in [0.3, 0.4) is 0 Å². The Morgan fingerprint density at radius 2 is 2.08 bits per heavy atom. The van der Waals surface area contributed by atoms with E-state index in [2.05, 4.69) is 4.98 Å². The summed E-state index contributed by atoms with van der Waals surface area (Å²) in [5.41, 5.74) is 0.513. The third-order valence-corrected chi connectivity index (χ3v) is 4.71. The second kappa shape index (κ2) is 6.42. The first-order chi connectivity index (χ1) is 11.7. The van der Waals surface area contributed by atoms with Crippen molar-refractivity contribution < 1.29 is 17.6 Å². The molecule has 1 aliphatic heterocycles. The quantitative estimate of drug-likeness (QED) is 0.818. The maximum Gasteiger partial charge on any atom is 0.449 e. The van der Waals surface area contributed by atoms with E-state index in [9.17, 15) is 22.4 Å². The smallest absolute Gasteiger partial charge is 0.303 e.